The van der Waals surface area contributed by atoms with E-state index in [-0.39, 0.29) is 0 Å². The molecule has 2 rings (SSSR count). The molecule has 1 unspecified atom stereocenters. The van der Waals surface area contributed by atoms with Gasteiger partial charge in [0.15, 0.2) is 0 Å². The molecule has 0 radical (unpaired) electrons. The first-order valence-corrected chi connectivity index (χ1v) is 5.28. The lowest BCUT2D eigenvalue weighted by molar-refractivity contribution is 0.252. The van der Waals surface area contributed by atoms with Gasteiger partial charge >= 0.3 is 0 Å². The molecule has 1 aliphatic carbocycles. The molecule has 1 aromatic carbocycles. The number of ether oxygens (including phenoxy) is 1. The molecule has 0 aromatic heterocycles. The van der Waals surface area contributed by atoms with E-state index in [0.717, 1.165) is 29.7 Å². The third kappa shape index (κ3) is 1.90. The Morgan fingerprint density at radius 3 is 2.87 bits per heavy atom. The molecule has 1 aliphatic rings. The fourth-order valence-electron chi connectivity index (χ4n) is 2.06. The Kier molecular flexibility index (Phi) is 2.78. The van der Waals surface area contributed by atoms with Crippen LogP contribution in [0.1, 0.15) is 24.5 Å². The van der Waals surface area contributed by atoms with E-state index in [1.807, 2.05) is 12.1 Å². The number of rotatable bonds is 2. The van der Waals surface area contributed by atoms with Crippen molar-refractivity contribution in [1.29, 1.82) is 0 Å². The van der Waals surface area contributed by atoms with E-state index in [2.05, 4.69) is 12.1 Å². The molecular weight excluding hydrogens is 188 g/mol. The van der Waals surface area contributed by atoms with Gasteiger partial charge in [-0.3, -0.25) is 0 Å². The monoisotopic (exact) mass is 204 g/mol. The molecule has 0 amide bonds. The van der Waals surface area contributed by atoms with Gasteiger partial charge in [-0.1, -0.05) is 12.1 Å². The fourth-order valence-corrected chi connectivity index (χ4v) is 2.06. The van der Waals surface area contributed by atoms with Crippen molar-refractivity contribution in [2.24, 2.45) is 0 Å². The van der Waals surface area contributed by atoms with Crippen LogP contribution in [-0.4, -0.2) is 18.3 Å². The highest BCUT2D eigenvalue weighted by Crippen LogP contribution is 2.31. The van der Waals surface area contributed by atoms with Crippen molar-refractivity contribution in [1.82, 2.24) is 0 Å². The van der Waals surface area contributed by atoms with Gasteiger partial charge in [-0.15, -0.1) is 0 Å². The van der Waals surface area contributed by atoms with E-state index in [9.17, 15) is 5.11 Å². The molecule has 0 fully saturated rings. The Morgan fingerprint density at radius 1 is 1.40 bits per heavy atom. The molecule has 1 N–H and O–H groups in total. The minimum absolute atomic E-state index is 0.406. The number of fused-ring (bicyclic) bond motifs is 1. The summed E-state index contributed by atoms with van der Waals surface area (Å²) in [4.78, 5) is 0. The lowest BCUT2D eigenvalue weighted by atomic mass is 9.88. The van der Waals surface area contributed by atoms with Crippen molar-refractivity contribution >= 4 is 5.57 Å². The normalized spacial score (nSPS) is 16.6. The molecule has 0 bridgehead atoms. The summed E-state index contributed by atoms with van der Waals surface area (Å²) in [6.07, 6.45) is 3.78. The topological polar surface area (TPSA) is 29.5 Å². The highest BCUT2D eigenvalue weighted by atomic mass is 16.5. The molecule has 0 spiro atoms. The van der Waals surface area contributed by atoms with Gasteiger partial charge in [0.2, 0.25) is 0 Å². The molecule has 1 atom stereocenters. The zero-order valence-electron chi connectivity index (χ0n) is 9.16. The summed E-state index contributed by atoms with van der Waals surface area (Å²) in [7, 11) is 1.66. The number of allylic oxidation sites excluding steroid dienone is 1. The second-order valence-electron chi connectivity index (χ2n) is 3.90. The summed E-state index contributed by atoms with van der Waals surface area (Å²) in [5.41, 5.74) is 3.46. The number of benzene rings is 1. The standard InChI is InChI=1S/C13H16O2/c1-9(14)12-5-3-4-10-6-7-11(15-2)8-13(10)12/h5-9,14H,3-4H2,1-2H3. The Balaban J connectivity index is 2.47. The van der Waals surface area contributed by atoms with Crippen LogP contribution in [0.2, 0.25) is 0 Å². The maximum absolute atomic E-state index is 9.68. The van der Waals surface area contributed by atoms with Crippen LogP contribution >= 0.6 is 0 Å². The molecule has 2 heteroatoms. The van der Waals surface area contributed by atoms with Crippen LogP contribution in [0.4, 0.5) is 0 Å². The van der Waals surface area contributed by atoms with Gasteiger partial charge in [0.05, 0.1) is 13.2 Å². The molecule has 0 saturated heterocycles. The van der Waals surface area contributed by atoms with E-state index < -0.39 is 6.10 Å². The van der Waals surface area contributed by atoms with E-state index in [4.69, 9.17) is 4.74 Å². The van der Waals surface area contributed by atoms with Gasteiger partial charge in [0, 0.05) is 0 Å². The van der Waals surface area contributed by atoms with Crippen LogP contribution in [0.5, 0.6) is 5.75 Å². The maximum Gasteiger partial charge on any atom is 0.119 e. The highest BCUT2D eigenvalue weighted by molar-refractivity contribution is 5.73. The first kappa shape index (κ1) is 10.2. The Morgan fingerprint density at radius 2 is 2.20 bits per heavy atom. The van der Waals surface area contributed by atoms with Crippen molar-refractivity contribution < 1.29 is 9.84 Å². The van der Waals surface area contributed by atoms with Crippen molar-refractivity contribution in [3.8, 4) is 5.75 Å². The van der Waals surface area contributed by atoms with Gasteiger partial charge < -0.3 is 9.84 Å². The van der Waals surface area contributed by atoms with Gasteiger partial charge in [0.25, 0.3) is 0 Å². The van der Waals surface area contributed by atoms with Crippen molar-refractivity contribution in [3.63, 3.8) is 0 Å². The summed E-state index contributed by atoms with van der Waals surface area (Å²) < 4.78 is 5.20. The number of hydrogen-bond donors (Lipinski definition) is 1. The molecule has 0 saturated carbocycles. The van der Waals surface area contributed by atoms with E-state index >= 15 is 0 Å². The highest BCUT2D eigenvalue weighted by Gasteiger charge is 2.16. The van der Waals surface area contributed by atoms with Gasteiger partial charge in [-0.25, -0.2) is 0 Å². The number of aliphatic hydroxyl groups excluding tert-OH is 1. The zero-order valence-corrected chi connectivity index (χ0v) is 9.16. The van der Waals surface area contributed by atoms with Crippen LogP contribution < -0.4 is 4.74 Å². The molecule has 0 aliphatic heterocycles. The molecule has 2 nitrogen and oxygen atoms in total. The molecule has 0 heterocycles. The van der Waals surface area contributed by atoms with Crippen LogP contribution in [0.3, 0.4) is 0 Å². The summed E-state index contributed by atoms with van der Waals surface area (Å²) in [6, 6.07) is 6.07. The predicted molar refractivity (Wildman–Crippen MR) is 61.0 cm³/mol. The smallest absolute Gasteiger partial charge is 0.119 e. The van der Waals surface area contributed by atoms with Gasteiger partial charge in [-0.05, 0) is 48.6 Å². The molecule has 1 aromatic rings. The Bertz CT molecular complexity index is 392. The average molecular weight is 204 g/mol. The zero-order chi connectivity index (χ0) is 10.8. The van der Waals surface area contributed by atoms with Crippen LogP contribution in [0.25, 0.3) is 5.57 Å². The predicted octanol–water partition coefficient (Wildman–Crippen LogP) is 2.41. The molecule has 80 valence electrons. The summed E-state index contributed by atoms with van der Waals surface area (Å²) in [5, 5.41) is 9.68. The maximum atomic E-state index is 9.68. The van der Waals surface area contributed by atoms with Crippen molar-refractivity contribution in [2.75, 3.05) is 7.11 Å². The second-order valence-corrected chi connectivity index (χ2v) is 3.90. The third-order valence-electron chi connectivity index (χ3n) is 2.86. The number of methoxy groups -OCH3 is 1. The lowest BCUT2D eigenvalue weighted by Gasteiger charge is -2.20. The summed E-state index contributed by atoms with van der Waals surface area (Å²) >= 11 is 0. The Labute approximate surface area is 90.2 Å². The minimum Gasteiger partial charge on any atom is -0.497 e. The largest absolute Gasteiger partial charge is 0.497 e. The third-order valence-corrected chi connectivity index (χ3v) is 2.86. The summed E-state index contributed by atoms with van der Waals surface area (Å²) in [5.74, 6) is 0.849. The quantitative estimate of drug-likeness (QED) is 0.801. The van der Waals surface area contributed by atoms with Crippen LogP contribution in [0, 0.1) is 0 Å². The van der Waals surface area contributed by atoms with Gasteiger partial charge in [0.1, 0.15) is 5.75 Å². The fraction of sp³-hybridized carbons (Fsp3) is 0.385. The second kappa shape index (κ2) is 4.07. The van der Waals surface area contributed by atoms with E-state index in [0.29, 0.717) is 0 Å². The summed E-state index contributed by atoms with van der Waals surface area (Å²) in [6.45, 7) is 1.81. The van der Waals surface area contributed by atoms with Gasteiger partial charge in [-0.2, -0.15) is 0 Å². The van der Waals surface area contributed by atoms with Crippen LogP contribution in [-0.2, 0) is 6.42 Å². The number of aliphatic hydroxyl groups is 1. The Hall–Kier alpha value is -1.28. The molecule has 15 heavy (non-hydrogen) atoms. The van der Waals surface area contributed by atoms with Crippen molar-refractivity contribution in [3.05, 3.63) is 35.4 Å². The minimum atomic E-state index is -0.406. The average Bonchev–Trinajstić information content (AvgIpc) is 2.27. The van der Waals surface area contributed by atoms with Crippen molar-refractivity contribution in [2.45, 2.75) is 25.9 Å². The van der Waals surface area contributed by atoms with E-state index in [1.54, 1.807) is 14.0 Å². The molecular formula is C13H16O2. The first-order valence-electron chi connectivity index (χ1n) is 5.28. The number of aryl methyl sites for hydroxylation is 1. The number of hydrogen-bond acceptors (Lipinski definition) is 2. The lowest BCUT2D eigenvalue weighted by Crippen LogP contribution is -2.09. The van der Waals surface area contributed by atoms with E-state index in [1.165, 1.54) is 5.56 Å². The first-order chi connectivity index (χ1) is 7.22. The van der Waals surface area contributed by atoms with Crippen LogP contribution in [0.15, 0.2) is 24.3 Å². The SMILES string of the molecule is COc1ccc2c(c1)C(C(C)O)=CCC2.